The second-order valence-corrected chi connectivity index (χ2v) is 4.61. The molecule has 1 aromatic rings. The van der Waals surface area contributed by atoms with E-state index in [0.717, 1.165) is 29.3 Å². The minimum Gasteiger partial charge on any atom is -0.365 e. The van der Waals surface area contributed by atoms with Gasteiger partial charge in [0.25, 0.3) is 0 Å². The lowest BCUT2D eigenvalue weighted by Gasteiger charge is -2.19. The zero-order chi connectivity index (χ0) is 10.6. The Morgan fingerprint density at radius 2 is 2.00 bits per heavy atom. The second-order valence-electron chi connectivity index (χ2n) is 3.52. The Morgan fingerprint density at radius 3 is 2.50 bits per heavy atom. The predicted octanol–water partition coefficient (Wildman–Crippen LogP) is 1.56. The number of hydrogen-bond donors (Lipinski definition) is 0. The molecule has 1 heterocycles. The summed E-state index contributed by atoms with van der Waals surface area (Å²) in [7, 11) is 6.15. The van der Waals surface area contributed by atoms with Crippen LogP contribution in [0.15, 0.2) is 12.1 Å². The quantitative estimate of drug-likeness (QED) is 0.692. The van der Waals surface area contributed by atoms with Crippen LogP contribution in [0.2, 0.25) is 0 Å². The summed E-state index contributed by atoms with van der Waals surface area (Å²) >= 11 is 1.53. The summed E-state index contributed by atoms with van der Waals surface area (Å²) in [6, 6.07) is 3.85. The molecule has 0 N–H and O–H groups in total. The van der Waals surface area contributed by atoms with Crippen molar-refractivity contribution in [1.29, 1.82) is 0 Å². The average Bonchev–Trinajstić information content (AvgIpc) is 2.62. The van der Waals surface area contributed by atoms with Gasteiger partial charge < -0.3 is 9.80 Å². The molecule has 3 nitrogen and oxygen atoms in total. The van der Waals surface area contributed by atoms with Crippen LogP contribution in [-0.2, 0) is 0 Å². The average molecular weight is 212 g/mol. The monoisotopic (exact) mass is 212 g/mol. The largest absolute Gasteiger partial charge is 0.365 e. The molecule has 78 valence electrons. The Kier molecular flexibility index (Phi) is 4.10. The zero-order valence-electron chi connectivity index (χ0n) is 8.86. The van der Waals surface area contributed by atoms with E-state index in [4.69, 9.17) is 0 Å². The molecule has 0 spiro atoms. The van der Waals surface area contributed by atoms with Gasteiger partial charge in [0.05, 0.1) is 9.88 Å². The van der Waals surface area contributed by atoms with E-state index < -0.39 is 0 Å². The highest BCUT2D eigenvalue weighted by atomic mass is 32.1. The van der Waals surface area contributed by atoms with Crippen LogP contribution in [0, 0.1) is 0 Å². The van der Waals surface area contributed by atoms with E-state index in [0.29, 0.717) is 0 Å². The number of thiophene rings is 1. The van der Waals surface area contributed by atoms with Gasteiger partial charge >= 0.3 is 0 Å². The normalized spacial score (nSPS) is 10.6. The van der Waals surface area contributed by atoms with Crippen molar-refractivity contribution in [3.05, 3.63) is 17.0 Å². The first kappa shape index (κ1) is 11.2. The lowest BCUT2D eigenvalue weighted by atomic mass is 10.4. The molecule has 0 atom stereocenters. The van der Waals surface area contributed by atoms with E-state index in [-0.39, 0.29) is 0 Å². The SMILES string of the molecule is CN(C)CCN(C)c1ccc(C=O)s1. The van der Waals surface area contributed by atoms with Gasteiger partial charge in [-0.05, 0) is 26.2 Å². The minimum absolute atomic E-state index is 0.789. The maximum absolute atomic E-state index is 10.5. The molecule has 0 unspecified atom stereocenters. The molecule has 14 heavy (non-hydrogen) atoms. The number of rotatable bonds is 5. The van der Waals surface area contributed by atoms with Crippen LogP contribution in [-0.4, -0.2) is 45.4 Å². The van der Waals surface area contributed by atoms with Crippen LogP contribution in [0.3, 0.4) is 0 Å². The second kappa shape index (κ2) is 5.12. The van der Waals surface area contributed by atoms with E-state index in [1.807, 2.05) is 19.2 Å². The lowest BCUT2D eigenvalue weighted by Crippen LogP contribution is -2.27. The number of nitrogens with zero attached hydrogens (tertiary/aromatic N) is 2. The molecule has 0 bridgehead atoms. The Bertz CT molecular complexity index is 296. The van der Waals surface area contributed by atoms with Crippen LogP contribution in [0.25, 0.3) is 0 Å². The molecule has 4 heteroatoms. The molecular formula is C10H16N2OS. The van der Waals surface area contributed by atoms with Gasteiger partial charge in [-0.15, -0.1) is 11.3 Å². The van der Waals surface area contributed by atoms with E-state index >= 15 is 0 Å². The number of anilines is 1. The predicted molar refractivity (Wildman–Crippen MR) is 61.5 cm³/mol. The maximum atomic E-state index is 10.5. The van der Waals surface area contributed by atoms with Crippen molar-refractivity contribution >= 4 is 22.6 Å². The third kappa shape index (κ3) is 3.12. The van der Waals surface area contributed by atoms with Crippen molar-refractivity contribution in [2.24, 2.45) is 0 Å². The van der Waals surface area contributed by atoms with Gasteiger partial charge in [-0.25, -0.2) is 0 Å². The molecule has 0 radical (unpaired) electrons. The van der Waals surface area contributed by atoms with Gasteiger partial charge in [0.2, 0.25) is 0 Å². The number of hydrogen-bond acceptors (Lipinski definition) is 4. The highest BCUT2D eigenvalue weighted by Crippen LogP contribution is 2.23. The molecule has 0 aliphatic carbocycles. The number of likely N-dealkylation sites (N-methyl/N-ethyl adjacent to an activating group) is 2. The summed E-state index contributed by atoms with van der Waals surface area (Å²) in [5, 5.41) is 1.15. The first-order chi connectivity index (χ1) is 6.63. The Labute approximate surface area is 88.9 Å². The van der Waals surface area contributed by atoms with E-state index in [2.05, 4.69) is 23.9 Å². The summed E-state index contributed by atoms with van der Waals surface area (Å²) in [6.07, 6.45) is 0.897. The Morgan fingerprint density at radius 1 is 1.29 bits per heavy atom. The summed E-state index contributed by atoms with van der Waals surface area (Å²) < 4.78 is 0. The third-order valence-corrected chi connectivity index (χ3v) is 3.11. The summed E-state index contributed by atoms with van der Waals surface area (Å²) in [6.45, 7) is 2.00. The highest BCUT2D eigenvalue weighted by molar-refractivity contribution is 7.17. The first-order valence-corrected chi connectivity index (χ1v) is 5.36. The van der Waals surface area contributed by atoms with Crippen molar-refractivity contribution in [1.82, 2.24) is 4.90 Å². The van der Waals surface area contributed by atoms with Crippen LogP contribution in [0.4, 0.5) is 5.00 Å². The fourth-order valence-corrected chi connectivity index (χ4v) is 1.88. The highest BCUT2D eigenvalue weighted by Gasteiger charge is 2.04. The van der Waals surface area contributed by atoms with Gasteiger partial charge in [-0.2, -0.15) is 0 Å². The number of aldehydes is 1. The number of carbonyl (C=O) groups excluding carboxylic acids is 1. The number of carbonyl (C=O) groups is 1. The van der Waals surface area contributed by atoms with E-state index in [9.17, 15) is 4.79 Å². The summed E-state index contributed by atoms with van der Waals surface area (Å²) in [4.78, 5) is 15.6. The fraction of sp³-hybridized carbons (Fsp3) is 0.500. The molecular weight excluding hydrogens is 196 g/mol. The lowest BCUT2D eigenvalue weighted by molar-refractivity contribution is 0.112. The van der Waals surface area contributed by atoms with E-state index in [1.165, 1.54) is 11.3 Å². The molecule has 0 amide bonds. The molecule has 0 fully saturated rings. The summed E-state index contributed by atoms with van der Waals surface area (Å²) in [5.41, 5.74) is 0. The van der Waals surface area contributed by atoms with Crippen molar-refractivity contribution in [2.75, 3.05) is 39.1 Å². The Hall–Kier alpha value is -0.870. The summed E-state index contributed by atoms with van der Waals surface area (Å²) in [5.74, 6) is 0. The van der Waals surface area contributed by atoms with Gasteiger partial charge in [-0.3, -0.25) is 4.79 Å². The maximum Gasteiger partial charge on any atom is 0.160 e. The van der Waals surface area contributed by atoms with Crippen LogP contribution < -0.4 is 4.90 Å². The van der Waals surface area contributed by atoms with Gasteiger partial charge in [0, 0.05) is 20.1 Å². The van der Waals surface area contributed by atoms with Gasteiger partial charge in [-0.1, -0.05) is 0 Å². The molecule has 0 aromatic carbocycles. The van der Waals surface area contributed by atoms with E-state index in [1.54, 1.807) is 0 Å². The first-order valence-electron chi connectivity index (χ1n) is 4.54. The van der Waals surface area contributed by atoms with Crippen LogP contribution in [0.5, 0.6) is 0 Å². The zero-order valence-corrected chi connectivity index (χ0v) is 9.67. The minimum atomic E-state index is 0.789. The fourth-order valence-electron chi connectivity index (χ4n) is 1.07. The van der Waals surface area contributed by atoms with Gasteiger partial charge in [0.15, 0.2) is 6.29 Å². The van der Waals surface area contributed by atoms with Crippen molar-refractivity contribution in [3.63, 3.8) is 0 Å². The third-order valence-electron chi connectivity index (χ3n) is 1.99. The topological polar surface area (TPSA) is 23.6 Å². The van der Waals surface area contributed by atoms with Crippen molar-refractivity contribution in [2.45, 2.75) is 0 Å². The molecule has 0 aliphatic heterocycles. The molecule has 1 rings (SSSR count). The van der Waals surface area contributed by atoms with Crippen molar-refractivity contribution < 1.29 is 4.79 Å². The Balaban J connectivity index is 2.51. The van der Waals surface area contributed by atoms with Crippen molar-refractivity contribution in [3.8, 4) is 0 Å². The molecule has 0 saturated carbocycles. The standard InChI is InChI=1S/C10H16N2OS/c1-11(2)6-7-12(3)10-5-4-9(8-13)14-10/h4-5,8H,6-7H2,1-3H3. The van der Waals surface area contributed by atoms with Crippen LogP contribution in [0.1, 0.15) is 9.67 Å². The van der Waals surface area contributed by atoms with Gasteiger partial charge in [0.1, 0.15) is 0 Å². The smallest absolute Gasteiger partial charge is 0.160 e. The molecule has 0 saturated heterocycles. The molecule has 0 aliphatic rings. The van der Waals surface area contributed by atoms with Crippen LogP contribution >= 0.6 is 11.3 Å². The molecule has 1 aromatic heterocycles.